The second kappa shape index (κ2) is 6.80. The zero-order valence-corrected chi connectivity index (χ0v) is 11.3. The number of nitrogens with one attached hydrogen (secondary N) is 2. The molecule has 0 bridgehead atoms. The van der Waals surface area contributed by atoms with Crippen LogP contribution in [0.15, 0.2) is 17.8 Å². The second-order valence-corrected chi connectivity index (χ2v) is 5.35. The molecule has 0 heterocycles. The van der Waals surface area contributed by atoms with Crippen molar-refractivity contribution in [3.05, 3.63) is 17.8 Å². The topological polar surface area (TPSA) is 35.9 Å². The van der Waals surface area contributed by atoms with Crippen LogP contribution in [-0.4, -0.2) is 18.6 Å². The van der Waals surface area contributed by atoms with Gasteiger partial charge in [-0.25, -0.2) is 0 Å². The lowest BCUT2D eigenvalue weighted by Crippen LogP contribution is -2.37. The molecular formula is C14H21F3N2. The zero-order chi connectivity index (χ0) is 14.5. The average Bonchev–Trinajstić information content (AvgIpc) is 2.34. The minimum absolute atomic E-state index is 0.0664. The highest BCUT2D eigenvalue weighted by Crippen LogP contribution is 2.43. The van der Waals surface area contributed by atoms with Crippen LogP contribution in [0.5, 0.6) is 0 Å². The van der Waals surface area contributed by atoms with E-state index in [0.717, 1.165) is 6.42 Å². The monoisotopic (exact) mass is 274 g/mol. The maximum Gasteiger partial charge on any atom is 0.392 e. The molecule has 5 heteroatoms. The van der Waals surface area contributed by atoms with Crippen LogP contribution in [0.4, 0.5) is 13.2 Å². The Morgan fingerprint density at radius 3 is 2.68 bits per heavy atom. The van der Waals surface area contributed by atoms with Crippen molar-refractivity contribution in [1.29, 1.82) is 5.41 Å². The van der Waals surface area contributed by atoms with E-state index in [1.165, 1.54) is 0 Å². The summed E-state index contributed by atoms with van der Waals surface area (Å²) in [6, 6.07) is 0. The number of hydrogen-bond donors (Lipinski definition) is 2. The molecule has 2 N–H and O–H groups in total. The van der Waals surface area contributed by atoms with E-state index in [-0.39, 0.29) is 18.3 Å². The Hall–Kier alpha value is -1.22. The maximum atomic E-state index is 12.8. The molecule has 0 radical (unpaired) electrons. The van der Waals surface area contributed by atoms with Crippen molar-refractivity contribution in [3.8, 4) is 0 Å². The van der Waals surface area contributed by atoms with Gasteiger partial charge in [0.15, 0.2) is 0 Å². The highest BCUT2D eigenvalue weighted by atomic mass is 19.4. The summed E-state index contributed by atoms with van der Waals surface area (Å²) in [5.41, 5.74) is 0.679. The van der Waals surface area contributed by atoms with Gasteiger partial charge in [-0.2, -0.15) is 13.2 Å². The molecular weight excluding hydrogens is 253 g/mol. The van der Waals surface area contributed by atoms with Crippen LogP contribution in [-0.2, 0) is 0 Å². The molecule has 0 spiro atoms. The van der Waals surface area contributed by atoms with Crippen molar-refractivity contribution < 1.29 is 13.2 Å². The number of allylic oxidation sites excluding steroid dienone is 2. The molecule has 0 saturated heterocycles. The third-order valence-corrected chi connectivity index (χ3v) is 3.78. The summed E-state index contributed by atoms with van der Waals surface area (Å²) in [7, 11) is 0. The molecule has 0 aromatic carbocycles. The van der Waals surface area contributed by atoms with E-state index in [0.29, 0.717) is 18.5 Å². The zero-order valence-electron chi connectivity index (χ0n) is 11.3. The van der Waals surface area contributed by atoms with Crippen LogP contribution >= 0.6 is 0 Å². The number of hydrogen-bond acceptors (Lipinski definition) is 2. The van der Waals surface area contributed by atoms with E-state index in [1.807, 2.05) is 0 Å². The Labute approximate surface area is 112 Å². The molecule has 0 aromatic rings. The molecule has 1 fully saturated rings. The first kappa shape index (κ1) is 15.8. The lowest BCUT2D eigenvalue weighted by atomic mass is 9.74. The molecule has 1 aliphatic rings. The van der Waals surface area contributed by atoms with Gasteiger partial charge >= 0.3 is 6.18 Å². The van der Waals surface area contributed by atoms with E-state index in [9.17, 15) is 13.2 Å². The van der Waals surface area contributed by atoms with Gasteiger partial charge < -0.3 is 5.32 Å². The highest BCUT2D eigenvalue weighted by molar-refractivity contribution is 5.57. The summed E-state index contributed by atoms with van der Waals surface area (Å²) in [5, 5.41) is 9.88. The first-order valence-electron chi connectivity index (χ1n) is 6.57. The Morgan fingerprint density at radius 2 is 2.11 bits per heavy atom. The van der Waals surface area contributed by atoms with E-state index >= 15 is 0 Å². The lowest BCUT2D eigenvalue weighted by Gasteiger charge is -2.35. The summed E-state index contributed by atoms with van der Waals surface area (Å²) >= 11 is 0. The lowest BCUT2D eigenvalue weighted by molar-refractivity contribution is -0.198. The van der Waals surface area contributed by atoms with Crippen LogP contribution in [0.25, 0.3) is 0 Å². The molecule has 2 unspecified atom stereocenters. The molecule has 0 aromatic heterocycles. The minimum atomic E-state index is -4.08. The van der Waals surface area contributed by atoms with E-state index < -0.39 is 12.1 Å². The van der Waals surface area contributed by atoms with Crippen LogP contribution in [0.3, 0.4) is 0 Å². The van der Waals surface area contributed by atoms with Crippen molar-refractivity contribution in [3.63, 3.8) is 0 Å². The average molecular weight is 274 g/mol. The van der Waals surface area contributed by atoms with Gasteiger partial charge in [0, 0.05) is 12.1 Å². The first-order valence-corrected chi connectivity index (χ1v) is 6.57. The molecule has 19 heavy (non-hydrogen) atoms. The van der Waals surface area contributed by atoms with Crippen LogP contribution in [0, 0.1) is 23.2 Å². The van der Waals surface area contributed by atoms with Crippen LogP contribution < -0.4 is 5.32 Å². The van der Waals surface area contributed by atoms with Crippen molar-refractivity contribution >= 4 is 5.87 Å². The van der Waals surface area contributed by atoms with Crippen molar-refractivity contribution in [2.45, 2.75) is 39.3 Å². The Kier molecular flexibility index (Phi) is 5.67. The maximum absolute atomic E-state index is 12.8. The van der Waals surface area contributed by atoms with Gasteiger partial charge in [0.1, 0.15) is 0 Å². The molecule has 1 rings (SSSR count). The van der Waals surface area contributed by atoms with Gasteiger partial charge in [0.2, 0.25) is 0 Å². The number of halogens is 3. The fourth-order valence-electron chi connectivity index (χ4n) is 2.51. The third kappa shape index (κ3) is 5.11. The Bertz CT molecular complexity index is 367. The van der Waals surface area contributed by atoms with Gasteiger partial charge in [-0.1, -0.05) is 6.92 Å². The van der Waals surface area contributed by atoms with Crippen molar-refractivity contribution in [1.82, 2.24) is 5.32 Å². The molecule has 3 atom stereocenters. The minimum Gasteiger partial charge on any atom is -0.391 e. The van der Waals surface area contributed by atoms with E-state index in [4.69, 9.17) is 5.41 Å². The fourth-order valence-corrected chi connectivity index (χ4v) is 2.51. The quantitative estimate of drug-likeness (QED) is 0.592. The highest BCUT2D eigenvalue weighted by Gasteiger charge is 2.45. The molecule has 108 valence electrons. The standard InChI is InChI=1S/C14H21F3N2/c1-10(8-18)5-6-19-9-12-4-3-11(2)13(7-12)14(15,16)17/h5-6,11-13,18-19H,3-4,7,9H2,1-2H3/b6-5+/t11-,12?,13?/m0/s1. The second-order valence-electron chi connectivity index (χ2n) is 5.35. The van der Waals surface area contributed by atoms with E-state index in [2.05, 4.69) is 11.2 Å². The normalized spacial score (nSPS) is 28.2. The van der Waals surface area contributed by atoms with E-state index in [1.54, 1.807) is 26.1 Å². The number of alkyl halides is 3. The molecule has 0 aliphatic heterocycles. The van der Waals surface area contributed by atoms with Gasteiger partial charge in [0.05, 0.1) is 5.92 Å². The summed E-state index contributed by atoms with van der Waals surface area (Å²) in [5.74, 6) is 0.859. The SMILES string of the molecule is CC(=C=N)/C=C/NCC1CC[C@H](C)C(C(F)(F)F)C1. The predicted molar refractivity (Wildman–Crippen MR) is 70.1 cm³/mol. The van der Waals surface area contributed by atoms with Gasteiger partial charge in [-0.05, 0) is 56.2 Å². The molecule has 1 saturated carbocycles. The Balaban J connectivity index is 2.44. The molecule has 2 nitrogen and oxygen atoms in total. The van der Waals surface area contributed by atoms with Crippen LogP contribution in [0.1, 0.15) is 33.1 Å². The molecule has 1 aliphatic carbocycles. The summed E-state index contributed by atoms with van der Waals surface area (Å²) in [4.78, 5) is 0. The summed E-state index contributed by atoms with van der Waals surface area (Å²) in [6.07, 6.45) is 0.989. The van der Waals surface area contributed by atoms with Crippen molar-refractivity contribution in [2.24, 2.45) is 17.8 Å². The fraction of sp³-hybridized carbons (Fsp3) is 0.714. The van der Waals surface area contributed by atoms with Crippen molar-refractivity contribution in [2.75, 3.05) is 6.54 Å². The number of rotatable bonds is 4. The summed E-state index contributed by atoms with van der Waals surface area (Å²) < 4.78 is 38.5. The smallest absolute Gasteiger partial charge is 0.391 e. The molecule has 0 amide bonds. The largest absolute Gasteiger partial charge is 0.392 e. The van der Waals surface area contributed by atoms with Gasteiger partial charge in [-0.15, -0.1) is 0 Å². The first-order chi connectivity index (χ1) is 8.84. The van der Waals surface area contributed by atoms with Gasteiger partial charge in [-0.3, -0.25) is 5.41 Å². The predicted octanol–water partition coefficient (Wildman–Crippen LogP) is 3.90. The Morgan fingerprint density at radius 1 is 1.42 bits per heavy atom. The summed E-state index contributed by atoms with van der Waals surface area (Å²) in [6.45, 7) is 3.99. The third-order valence-electron chi connectivity index (χ3n) is 3.78. The van der Waals surface area contributed by atoms with Crippen LogP contribution in [0.2, 0.25) is 0 Å². The van der Waals surface area contributed by atoms with Gasteiger partial charge in [0.25, 0.3) is 0 Å².